The monoisotopic (exact) mass is 802 g/mol. The standard InChI is InChI=1S/C37H50N6O10S2/c1-20(2)16-27(35(51)43-29(33(49)38-18-30(46)47)19-55-37(54)53-26-10-8-7-9-11-26)41-32(48)22(5)39-34(50)28(17-24-12-14-25(45)15-13-24)42-36(52)31(21(3)4)40-23(6)44/h7-15,20-22,27-29,31,45H,16-19H2,1-6H3,(H,38,49)(H,39,50)(H,40,44)(H,41,48)(H,42,52)(H,43,51)(H,46,47)/t22-,27-,28-,29-,31-/m0/s1. The third-order valence-corrected chi connectivity index (χ3v) is 9.02. The first-order valence-corrected chi connectivity index (χ1v) is 18.9. The van der Waals surface area contributed by atoms with Gasteiger partial charge in [0.15, 0.2) is 0 Å². The van der Waals surface area contributed by atoms with Crippen molar-refractivity contribution in [1.82, 2.24) is 31.9 Å². The zero-order chi connectivity index (χ0) is 41.2. The van der Waals surface area contributed by atoms with Gasteiger partial charge < -0.3 is 46.9 Å². The van der Waals surface area contributed by atoms with Crippen LogP contribution in [-0.2, 0) is 40.0 Å². The molecule has 2 rings (SSSR count). The lowest BCUT2D eigenvalue weighted by Crippen LogP contribution is -2.59. The van der Waals surface area contributed by atoms with Gasteiger partial charge in [-0.2, -0.15) is 0 Å². The molecule has 55 heavy (non-hydrogen) atoms. The SMILES string of the molecule is CC(=O)N[C@H](C(=O)N[C@@H](Cc1ccc(O)cc1)C(=O)N[C@@H](C)C(=O)N[C@@H](CC(C)C)C(=O)N[C@@H](CSC(=S)Oc1ccccc1)C(=O)NCC(=O)O)C(C)C. The molecule has 0 aliphatic heterocycles. The van der Waals surface area contributed by atoms with Gasteiger partial charge in [0.05, 0.1) is 0 Å². The van der Waals surface area contributed by atoms with E-state index in [1.54, 1.807) is 56.3 Å². The van der Waals surface area contributed by atoms with Crippen LogP contribution < -0.4 is 36.6 Å². The number of thioether (sulfide) groups is 1. The van der Waals surface area contributed by atoms with Crippen LogP contribution in [0.5, 0.6) is 11.5 Å². The van der Waals surface area contributed by atoms with Crippen molar-refractivity contribution in [3.63, 3.8) is 0 Å². The number of carboxylic acids is 1. The van der Waals surface area contributed by atoms with Crippen LogP contribution in [0, 0.1) is 11.8 Å². The number of nitrogens with one attached hydrogen (secondary N) is 6. The Kier molecular flexibility index (Phi) is 19.1. The summed E-state index contributed by atoms with van der Waals surface area (Å²) in [6, 6.07) is 8.75. The minimum absolute atomic E-state index is 0.00361. The molecule has 0 fully saturated rings. The Morgan fingerprint density at radius 1 is 0.727 bits per heavy atom. The summed E-state index contributed by atoms with van der Waals surface area (Å²) < 4.78 is 5.63. The van der Waals surface area contributed by atoms with Gasteiger partial charge in [-0.15, -0.1) is 0 Å². The van der Waals surface area contributed by atoms with E-state index in [-0.39, 0.29) is 40.6 Å². The number of benzene rings is 2. The van der Waals surface area contributed by atoms with E-state index >= 15 is 0 Å². The highest BCUT2D eigenvalue weighted by atomic mass is 32.2. The molecule has 0 radical (unpaired) electrons. The summed E-state index contributed by atoms with van der Waals surface area (Å²) in [6.07, 6.45) is 0.0995. The highest BCUT2D eigenvalue weighted by Crippen LogP contribution is 2.16. The van der Waals surface area contributed by atoms with Gasteiger partial charge in [0.1, 0.15) is 48.3 Å². The molecule has 16 nitrogen and oxygen atoms in total. The van der Waals surface area contributed by atoms with Crippen molar-refractivity contribution in [2.45, 2.75) is 84.6 Å². The van der Waals surface area contributed by atoms with Gasteiger partial charge in [-0.05, 0) is 67.2 Å². The molecule has 0 heterocycles. The van der Waals surface area contributed by atoms with Gasteiger partial charge in [-0.25, -0.2) is 0 Å². The van der Waals surface area contributed by atoms with Crippen molar-refractivity contribution < 1.29 is 48.5 Å². The average Bonchev–Trinajstić information content (AvgIpc) is 3.11. The number of rotatable bonds is 20. The Morgan fingerprint density at radius 3 is 1.87 bits per heavy atom. The largest absolute Gasteiger partial charge is 0.508 e. The molecule has 0 aliphatic carbocycles. The van der Waals surface area contributed by atoms with Crippen LogP contribution in [0.2, 0.25) is 0 Å². The number of phenols is 1. The van der Waals surface area contributed by atoms with Gasteiger partial charge in [0.2, 0.25) is 39.8 Å². The van der Waals surface area contributed by atoms with E-state index in [9.17, 15) is 38.7 Å². The van der Waals surface area contributed by atoms with Crippen molar-refractivity contribution in [1.29, 1.82) is 0 Å². The number of aromatic hydroxyl groups is 1. The van der Waals surface area contributed by atoms with Crippen LogP contribution in [0.15, 0.2) is 54.6 Å². The van der Waals surface area contributed by atoms with Gasteiger partial charge in [0.25, 0.3) is 0 Å². The van der Waals surface area contributed by atoms with Crippen molar-refractivity contribution in [2.75, 3.05) is 12.3 Å². The molecule has 300 valence electrons. The van der Waals surface area contributed by atoms with Crippen molar-refractivity contribution in [3.8, 4) is 11.5 Å². The van der Waals surface area contributed by atoms with E-state index in [4.69, 9.17) is 22.1 Å². The van der Waals surface area contributed by atoms with E-state index in [1.807, 2.05) is 13.8 Å². The molecule has 2 aromatic carbocycles. The summed E-state index contributed by atoms with van der Waals surface area (Å²) in [7, 11) is 0. The van der Waals surface area contributed by atoms with Gasteiger partial charge in [-0.3, -0.25) is 33.6 Å². The van der Waals surface area contributed by atoms with Crippen LogP contribution >= 0.6 is 24.0 Å². The highest BCUT2D eigenvalue weighted by molar-refractivity contribution is 8.22. The van der Waals surface area contributed by atoms with E-state index in [1.165, 1.54) is 26.0 Å². The maximum absolute atomic E-state index is 13.6. The number of ether oxygens (including phenoxy) is 1. The van der Waals surface area contributed by atoms with E-state index < -0.39 is 78.2 Å². The van der Waals surface area contributed by atoms with Crippen LogP contribution in [-0.4, -0.2) is 98.5 Å². The lowest BCUT2D eigenvalue weighted by Gasteiger charge is -2.27. The molecular formula is C37H50N6O10S2. The number of para-hydroxylation sites is 1. The third kappa shape index (κ3) is 17.2. The lowest BCUT2D eigenvalue weighted by molar-refractivity contribution is -0.138. The molecule has 0 bridgehead atoms. The summed E-state index contributed by atoms with van der Waals surface area (Å²) in [5.74, 6) is -5.53. The molecule has 18 heteroatoms. The van der Waals surface area contributed by atoms with Crippen LogP contribution in [0.1, 0.15) is 53.5 Å². The Balaban J connectivity index is 2.22. The van der Waals surface area contributed by atoms with E-state index in [0.717, 1.165) is 11.8 Å². The molecule has 0 unspecified atom stereocenters. The number of hydrogen-bond acceptors (Lipinski definition) is 11. The number of amides is 6. The maximum atomic E-state index is 13.6. The van der Waals surface area contributed by atoms with Crippen molar-refractivity contribution >= 4 is 69.8 Å². The number of carbonyl (C=O) groups excluding carboxylic acids is 6. The summed E-state index contributed by atoms with van der Waals surface area (Å²) in [6.45, 7) is 9.02. The number of carboxylic acid groups (broad SMARTS) is 1. The fraction of sp³-hybridized carbons (Fsp3) is 0.459. The van der Waals surface area contributed by atoms with Crippen LogP contribution in [0.25, 0.3) is 0 Å². The van der Waals surface area contributed by atoms with Gasteiger partial charge in [-0.1, -0.05) is 69.8 Å². The number of carbonyl (C=O) groups is 7. The second-order valence-electron chi connectivity index (χ2n) is 13.4. The Labute approximate surface area is 329 Å². The fourth-order valence-corrected chi connectivity index (χ4v) is 5.97. The van der Waals surface area contributed by atoms with E-state index in [2.05, 4.69) is 31.9 Å². The maximum Gasteiger partial charge on any atom is 0.322 e. The Bertz CT molecular complexity index is 1660. The van der Waals surface area contributed by atoms with E-state index in [0.29, 0.717) is 11.3 Å². The molecule has 0 saturated carbocycles. The third-order valence-electron chi connectivity index (χ3n) is 7.77. The smallest absolute Gasteiger partial charge is 0.322 e. The summed E-state index contributed by atoms with van der Waals surface area (Å²) in [4.78, 5) is 89.9. The summed E-state index contributed by atoms with van der Waals surface area (Å²) >= 11 is 6.21. The van der Waals surface area contributed by atoms with Crippen LogP contribution in [0.3, 0.4) is 0 Å². The first-order valence-electron chi connectivity index (χ1n) is 17.5. The molecule has 8 N–H and O–H groups in total. The highest BCUT2D eigenvalue weighted by Gasteiger charge is 2.32. The fourth-order valence-electron chi connectivity index (χ4n) is 4.98. The topological polar surface area (TPSA) is 241 Å². The zero-order valence-corrected chi connectivity index (χ0v) is 33.2. The molecular weight excluding hydrogens is 753 g/mol. The predicted octanol–water partition coefficient (Wildman–Crippen LogP) is 1.40. The molecule has 2 aromatic rings. The molecule has 0 aromatic heterocycles. The molecule has 5 atom stereocenters. The van der Waals surface area contributed by atoms with Gasteiger partial charge >= 0.3 is 5.97 Å². The molecule has 0 aliphatic rings. The second-order valence-corrected chi connectivity index (χ2v) is 15.0. The minimum atomic E-state index is -1.30. The lowest BCUT2D eigenvalue weighted by atomic mass is 10.0. The van der Waals surface area contributed by atoms with Crippen molar-refractivity contribution in [2.24, 2.45) is 11.8 Å². The van der Waals surface area contributed by atoms with Crippen LogP contribution in [0.4, 0.5) is 0 Å². The number of aliphatic carboxylic acids is 1. The Morgan fingerprint density at radius 2 is 1.31 bits per heavy atom. The zero-order valence-electron chi connectivity index (χ0n) is 31.5. The predicted molar refractivity (Wildman–Crippen MR) is 210 cm³/mol. The minimum Gasteiger partial charge on any atom is -0.508 e. The average molecular weight is 803 g/mol. The first-order chi connectivity index (χ1) is 25.9. The normalized spacial score (nSPS) is 13.6. The van der Waals surface area contributed by atoms with Crippen molar-refractivity contribution in [3.05, 3.63) is 60.2 Å². The number of hydrogen-bond donors (Lipinski definition) is 8. The molecule has 0 saturated heterocycles. The molecule has 6 amide bonds. The number of thiocarbonyl (C=S) groups is 1. The van der Waals surface area contributed by atoms with Gasteiger partial charge in [0, 0.05) is 19.1 Å². The Hall–Kier alpha value is -5.23. The number of phenolic OH excluding ortho intramolecular Hbond substituents is 1. The second kappa shape index (κ2) is 22.9. The summed E-state index contributed by atoms with van der Waals surface area (Å²) in [5, 5.41) is 34.0. The quantitative estimate of drug-likeness (QED) is 0.0887. The first kappa shape index (κ1) is 45.9. The molecule has 0 spiro atoms. The summed E-state index contributed by atoms with van der Waals surface area (Å²) in [5.41, 5.74) is 0.581.